The van der Waals surface area contributed by atoms with E-state index in [9.17, 15) is 0 Å². The van der Waals surface area contributed by atoms with E-state index in [-0.39, 0.29) is 5.79 Å². The van der Waals surface area contributed by atoms with Crippen LogP contribution in [0.15, 0.2) is 0 Å². The summed E-state index contributed by atoms with van der Waals surface area (Å²) in [4.78, 5) is 0. The standard InChI is InChI=1S/C23H36O3.2C2H6/c1-22-8-6-19-18-7-9-23(25-10-11-26-23)13-15(18)2-4-20(19)21(22)5-3-16(22)12-17-14-24-17;2*1-2/h15-21H,2-14H2,1H3;2*1-2H3/t15-,16?,17?,18+,19?,20-,21?,22-;;/m1../s1. The number of hydrogen-bond acceptors (Lipinski definition) is 3. The van der Waals surface area contributed by atoms with Gasteiger partial charge in [0.05, 0.1) is 25.9 Å². The summed E-state index contributed by atoms with van der Waals surface area (Å²) in [6.07, 6.45) is 14.5. The normalized spacial score (nSPS) is 47.7. The van der Waals surface area contributed by atoms with Gasteiger partial charge in [0.25, 0.3) is 0 Å². The van der Waals surface area contributed by atoms with Crippen LogP contribution >= 0.6 is 0 Å². The van der Waals surface area contributed by atoms with Crippen LogP contribution in [0.25, 0.3) is 0 Å². The van der Waals surface area contributed by atoms with Crippen LogP contribution in [0.5, 0.6) is 0 Å². The van der Waals surface area contributed by atoms with Gasteiger partial charge in [-0.2, -0.15) is 0 Å². The van der Waals surface area contributed by atoms with Crippen molar-refractivity contribution in [1.29, 1.82) is 0 Å². The molecule has 4 unspecified atom stereocenters. The maximum atomic E-state index is 6.07. The lowest BCUT2D eigenvalue weighted by Crippen LogP contribution is -2.51. The van der Waals surface area contributed by atoms with Gasteiger partial charge < -0.3 is 14.2 Å². The Hall–Kier alpha value is -0.120. The Labute approximate surface area is 186 Å². The maximum Gasteiger partial charge on any atom is 0.168 e. The van der Waals surface area contributed by atoms with Gasteiger partial charge in [0.2, 0.25) is 0 Å². The van der Waals surface area contributed by atoms with E-state index < -0.39 is 0 Å². The molecule has 3 heteroatoms. The first-order valence-corrected chi connectivity index (χ1v) is 13.6. The molecule has 1 spiro atoms. The van der Waals surface area contributed by atoms with Crippen molar-refractivity contribution in [2.24, 2.45) is 40.9 Å². The Morgan fingerprint density at radius 3 is 2.17 bits per heavy atom. The summed E-state index contributed by atoms with van der Waals surface area (Å²) in [5, 5.41) is 0. The van der Waals surface area contributed by atoms with E-state index in [0.29, 0.717) is 11.5 Å². The number of ether oxygens (including phenoxy) is 3. The Morgan fingerprint density at radius 2 is 1.47 bits per heavy atom. The van der Waals surface area contributed by atoms with Gasteiger partial charge in [-0.15, -0.1) is 0 Å². The van der Waals surface area contributed by atoms with Gasteiger partial charge in [-0.1, -0.05) is 34.6 Å². The topological polar surface area (TPSA) is 31.0 Å². The third-order valence-corrected chi connectivity index (χ3v) is 9.91. The lowest BCUT2D eigenvalue weighted by Gasteiger charge is -2.57. The van der Waals surface area contributed by atoms with Gasteiger partial charge in [-0.3, -0.25) is 0 Å². The molecule has 2 heterocycles. The molecule has 2 aliphatic heterocycles. The van der Waals surface area contributed by atoms with Crippen molar-refractivity contribution in [2.45, 2.75) is 111 Å². The monoisotopic (exact) mass is 420 g/mol. The van der Waals surface area contributed by atoms with E-state index >= 15 is 0 Å². The molecule has 30 heavy (non-hydrogen) atoms. The maximum absolute atomic E-state index is 6.07. The van der Waals surface area contributed by atoms with Crippen molar-refractivity contribution in [3.63, 3.8) is 0 Å². The minimum atomic E-state index is -0.181. The average molecular weight is 421 g/mol. The third-order valence-electron chi connectivity index (χ3n) is 9.91. The zero-order chi connectivity index (χ0) is 21.4. The van der Waals surface area contributed by atoms with Crippen molar-refractivity contribution < 1.29 is 14.2 Å². The van der Waals surface area contributed by atoms with Gasteiger partial charge >= 0.3 is 0 Å². The van der Waals surface area contributed by atoms with Crippen molar-refractivity contribution in [2.75, 3.05) is 19.8 Å². The SMILES string of the molecule is CC.CC.C[C@]12CCC3[C@@H](CC[C@@H]4CC5(CC[C@H]34)OCCO5)C1CCC2CC1CO1. The zero-order valence-electron chi connectivity index (χ0n) is 20.5. The summed E-state index contributed by atoms with van der Waals surface area (Å²) in [5.41, 5.74) is 0.619. The number of rotatable bonds is 2. The van der Waals surface area contributed by atoms with Crippen LogP contribution in [-0.4, -0.2) is 31.7 Å². The molecule has 2 saturated heterocycles. The molecular weight excluding hydrogens is 372 g/mol. The first-order chi connectivity index (χ1) is 14.7. The molecule has 4 aliphatic carbocycles. The fraction of sp³-hybridized carbons (Fsp3) is 1.00. The summed E-state index contributed by atoms with van der Waals surface area (Å²) in [6, 6.07) is 0. The highest BCUT2D eigenvalue weighted by Crippen LogP contribution is 2.65. The quantitative estimate of drug-likeness (QED) is 0.458. The summed E-state index contributed by atoms with van der Waals surface area (Å²) >= 11 is 0. The number of fused-ring (bicyclic) bond motifs is 5. The van der Waals surface area contributed by atoms with Gasteiger partial charge in [-0.05, 0) is 92.3 Å². The van der Waals surface area contributed by atoms with E-state index in [1.165, 1.54) is 57.8 Å². The summed E-state index contributed by atoms with van der Waals surface area (Å²) in [6.45, 7) is 13.3. The van der Waals surface area contributed by atoms with Crippen LogP contribution in [-0.2, 0) is 14.2 Å². The van der Waals surface area contributed by atoms with Crippen LogP contribution < -0.4 is 0 Å². The molecule has 0 amide bonds. The second-order valence-corrected chi connectivity index (χ2v) is 10.8. The first kappa shape index (κ1) is 23.1. The molecule has 0 aromatic rings. The van der Waals surface area contributed by atoms with E-state index in [0.717, 1.165) is 61.7 Å². The first-order valence-electron chi connectivity index (χ1n) is 13.6. The van der Waals surface area contributed by atoms with Gasteiger partial charge in [0, 0.05) is 12.8 Å². The smallest absolute Gasteiger partial charge is 0.168 e. The largest absolute Gasteiger partial charge is 0.373 e. The minimum absolute atomic E-state index is 0.181. The highest BCUT2D eigenvalue weighted by Gasteiger charge is 2.58. The second-order valence-electron chi connectivity index (χ2n) is 10.8. The van der Waals surface area contributed by atoms with Crippen molar-refractivity contribution in [3.8, 4) is 0 Å². The lowest BCUT2D eigenvalue weighted by molar-refractivity contribution is -0.209. The summed E-state index contributed by atoms with van der Waals surface area (Å²) in [7, 11) is 0. The molecule has 4 saturated carbocycles. The number of hydrogen-bond donors (Lipinski definition) is 0. The zero-order valence-corrected chi connectivity index (χ0v) is 20.5. The Bertz CT molecular complexity index is 552. The molecule has 6 rings (SSSR count). The molecule has 0 aromatic heterocycles. The molecule has 8 atom stereocenters. The predicted octanol–water partition coefficient (Wildman–Crippen LogP) is 6.84. The van der Waals surface area contributed by atoms with Gasteiger partial charge in [0.15, 0.2) is 5.79 Å². The molecule has 6 aliphatic rings. The van der Waals surface area contributed by atoms with E-state index in [4.69, 9.17) is 14.2 Å². The van der Waals surface area contributed by atoms with E-state index in [2.05, 4.69) is 6.92 Å². The molecule has 0 radical (unpaired) electrons. The van der Waals surface area contributed by atoms with Gasteiger partial charge in [-0.25, -0.2) is 0 Å². The van der Waals surface area contributed by atoms with Crippen molar-refractivity contribution in [3.05, 3.63) is 0 Å². The Kier molecular flexibility index (Phi) is 7.22. The number of epoxide rings is 1. The summed E-state index contributed by atoms with van der Waals surface area (Å²) in [5.74, 6) is 5.60. The Morgan fingerprint density at radius 1 is 0.767 bits per heavy atom. The molecule has 0 N–H and O–H groups in total. The Balaban J connectivity index is 0.000000516. The van der Waals surface area contributed by atoms with E-state index in [1.54, 1.807) is 0 Å². The van der Waals surface area contributed by atoms with Crippen LogP contribution in [0.2, 0.25) is 0 Å². The second kappa shape index (κ2) is 9.40. The predicted molar refractivity (Wildman–Crippen MR) is 122 cm³/mol. The molecule has 0 bridgehead atoms. The van der Waals surface area contributed by atoms with Crippen LogP contribution in [0.4, 0.5) is 0 Å². The van der Waals surface area contributed by atoms with E-state index in [1.807, 2.05) is 27.7 Å². The fourth-order valence-corrected chi connectivity index (χ4v) is 8.60. The van der Waals surface area contributed by atoms with Crippen LogP contribution in [0.3, 0.4) is 0 Å². The molecular formula is C27H48O3. The van der Waals surface area contributed by atoms with Crippen LogP contribution in [0.1, 0.15) is 98.8 Å². The molecule has 3 nitrogen and oxygen atoms in total. The fourth-order valence-electron chi connectivity index (χ4n) is 8.60. The average Bonchev–Trinajstić information content (AvgIpc) is 3.41. The van der Waals surface area contributed by atoms with Crippen molar-refractivity contribution in [1.82, 2.24) is 0 Å². The molecule has 6 fully saturated rings. The minimum Gasteiger partial charge on any atom is -0.373 e. The highest BCUT2D eigenvalue weighted by atomic mass is 16.7. The van der Waals surface area contributed by atoms with Crippen LogP contribution in [0, 0.1) is 40.9 Å². The van der Waals surface area contributed by atoms with Gasteiger partial charge in [0.1, 0.15) is 0 Å². The summed E-state index contributed by atoms with van der Waals surface area (Å²) < 4.78 is 17.7. The molecule has 0 aromatic carbocycles. The molecule has 174 valence electrons. The highest BCUT2D eigenvalue weighted by molar-refractivity contribution is 5.07. The third kappa shape index (κ3) is 4.01. The van der Waals surface area contributed by atoms with Crippen molar-refractivity contribution >= 4 is 0 Å². The lowest BCUT2D eigenvalue weighted by atomic mass is 9.49.